The monoisotopic (exact) mass is 363 g/mol. The maximum absolute atomic E-state index is 14.4. The molecule has 0 saturated heterocycles. The van der Waals surface area contributed by atoms with Crippen LogP contribution in [-0.2, 0) is 0 Å². The van der Waals surface area contributed by atoms with Crippen molar-refractivity contribution in [1.82, 2.24) is 0 Å². The van der Waals surface area contributed by atoms with E-state index in [1.807, 2.05) is 0 Å². The van der Waals surface area contributed by atoms with Crippen LogP contribution in [0.4, 0.5) is 18.9 Å². The van der Waals surface area contributed by atoms with E-state index in [2.05, 4.69) is 5.32 Å². The summed E-state index contributed by atoms with van der Waals surface area (Å²) in [6.45, 7) is 1.51. The Morgan fingerprint density at radius 1 is 1.17 bits per heavy atom. The van der Waals surface area contributed by atoms with Gasteiger partial charge in [-0.1, -0.05) is 41.4 Å². The van der Waals surface area contributed by atoms with E-state index in [0.717, 1.165) is 0 Å². The van der Waals surface area contributed by atoms with Crippen LogP contribution in [0.3, 0.4) is 0 Å². The predicted molar refractivity (Wildman–Crippen MR) is 87.5 cm³/mol. The van der Waals surface area contributed by atoms with Crippen molar-refractivity contribution in [3.63, 3.8) is 0 Å². The molecule has 0 saturated carbocycles. The van der Waals surface area contributed by atoms with Crippen molar-refractivity contribution in [3.05, 3.63) is 46.2 Å². The molecule has 0 aliphatic rings. The van der Waals surface area contributed by atoms with E-state index < -0.39 is 18.8 Å². The molecule has 0 radical (unpaired) electrons. The molecule has 0 atom stereocenters. The number of nitrogens with one attached hydrogen (secondary N) is 1. The number of halogens is 5. The summed E-state index contributed by atoms with van der Waals surface area (Å²) in [5.41, 5.74) is 0.775. The van der Waals surface area contributed by atoms with Crippen LogP contribution >= 0.6 is 23.2 Å². The Hall–Kier alpha value is -1.59. The molecule has 0 unspecified atom stereocenters. The Morgan fingerprint density at radius 3 is 2.52 bits per heavy atom. The van der Waals surface area contributed by atoms with Gasteiger partial charge in [-0.3, -0.25) is 0 Å². The third-order valence-electron chi connectivity index (χ3n) is 3.05. The number of anilines is 1. The summed E-state index contributed by atoms with van der Waals surface area (Å²) in [5.74, 6) is -0.513. The van der Waals surface area contributed by atoms with Crippen LogP contribution in [0.15, 0.2) is 30.3 Å². The van der Waals surface area contributed by atoms with Crippen molar-refractivity contribution < 1.29 is 17.9 Å². The highest BCUT2D eigenvalue weighted by Gasteiger charge is 2.19. The van der Waals surface area contributed by atoms with Crippen LogP contribution < -0.4 is 10.1 Å². The number of rotatable bonds is 6. The standard InChI is InChI=1S/C16H14Cl2F3NO/c1-2-22-16-11(17)7-10(14(18)15(16)21)9-5-3-4-6-12(9)23-8-13(19)20/h3-7,13,22H,2,8H2,1H3. The first-order valence-corrected chi connectivity index (χ1v) is 7.63. The number of benzene rings is 2. The van der Waals surface area contributed by atoms with Gasteiger partial charge in [-0.15, -0.1) is 0 Å². The summed E-state index contributed by atoms with van der Waals surface area (Å²) < 4.78 is 44.2. The third-order valence-corrected chi connectivity index (χ3v) is 3.72. The first-order valence-electron chi connectivity index (χ1n) is 6.87. The number of para-hydroxylation sites is 1. The maximum atomic E-state index is 14.4. The zero-order chi connectivity index (χ0) is 17.0. The lowest BCUT2D eigenvalue weighted by atomic mass is 10.0. The molecule has 0 bridgehead atoms. The Bertz CT molecular complexity index is 695. The van der Waals surface area contributed by atoms with Gasteiger partial charge >= 0.3 is 0 Å². The average Bonchev–Trinajstić information content (AvgIpc) is 2.53. The van der Waals surface area contributed by atoms with Gasteiger partial charge in [0.1, 0.15) is 12.4 Å². The van der Waals surface area contributed by atoms with E-state index >= 15 is 0 Å². The minimum Gasteiger partial charge on any atom is -0.487 e. The van der Waals surface area contributed by atoms with Crippen molar-refractivity contribution >= 4 is 28.9 Å². The summed E-state index contributed by atoms with van der Waals surface area (Å²) in [5, 5.41) is 2.79. The van der Waals surface area contributed by atoms with Gasteiger partial charge in [-0.25, -0.2) is 13.2 Å². The molecular weight excluding hydrogens is 350 g/mol. The largest absolute Gasteiger partial charge is 0.487 e. The maximum Gasteiger partial charge on any atom is 0.272 e. The second-order valence-corrected chi connectivity index (χ2v) is 5.42. The summed E-state index contributed by atoms with van der Waals surface area (Å²) in [6, 6.07) is 7.90. The van der Waals surface area contributed by atoms with Crippen molar-refractivity contribution in [2.75, 3.05) is 18.5 Å². The molecule has 0 heterocycles. The average molecular weight is 364 g/mol. The lowest BCUT2D eigenvalue weighted by molar-refractivity contribution is 0.0822. The molecule has 1 N–H and O–H groups in total. The molecule has 0 aromatic heterocycles. The van der Waals surface area contributed by atoms with Crippen LogP contribution in [-0.4, -0.2) is 19.6 Å². The van der Waals surface area contributed by atoms with E-state index in [4.69, 9.17) is 27.9 Å². The van der Waals surface area contributed by atoms with E-state index in [0.29, 0.717) is 12.1 Å². The Morgan fingerprint density at radius 2 is 1.87 bits per heavy atom. The van der Waals surface area contributed by atoms with Crippen molar-refractivity contribution in [2.45, 2.75) is 13.3 Å². The van der Waals surface area contributed by atoms with Gasteiger partial charge in [-0.05, 0) is 19.1 Å². The Labute approximate surface area is 142 Å². The van der Waals surface area contributed by atoms with E-state index in [-0.39, 0.29) is 27.0 Å². The molecule has 2 aromatic rings. The molecule has 0 fully saturated rings. The normalized spacial score (nSPS) is 10.9. The van der Waals surface area contributed by atoms with E-state index in [1.165, 1.54) is 12.1 Å². The van der Waals surface area contributed by atoms with Crippen LogP contribution in [0.2, 0.25) is 10.0 Å². The van der Waals surface area contributed by atoms with Gasteiger partial charge in [0.2, 0.25) is 0 Å². The molecule has 2 nitrogen and oxygen atoms in total. The van der Waals surface area contributed by atoms with Crippen molar-refractivity contribution in [2.24, 2.45) is 0 Å². The highest BCUT2D eigenvalue weighted by atomic mass is 35.5. The number of alkyl halides is 2. The van der Waals surface area contributed by atoms with Crippen LogP contribution in [0.1, 0.15) is 6.92 Å². The number of hydrogen-bond acceptors (Lipinski definition) is 2. The van der Waals surface area contributed by atoms with Gasteiger partial charge < -0.3 is 10.1 Å². The fourth-order valence-corrected chi connectivity index (χ4v) is 2.61. The minimum absolute atomic E-state index is 0.105. The SMILES string of the molecule is CCNc1c(Cl)cc(-c2ccccc2OCC(F)F)c(Cl)c1F. The zero-order valence-electron chi connectivity index (χ0n) is 12.2. The first kappa shape index (κ1) is 17.8. The molecule has 23 heavy (non-hydrogen) atoms. The van der Waals surface area contributed by atoms with Crippen molar-refractivity contribution in [3.8, 4) is 16.9 Å². The Balaban J connectivity index is 2.51. The highest BCUT2D eigenvalue weighted by Crippen LogP contribution is 2.41. The molecule has 0 amide bonds. The van der Waals surface area contributed by atoms with Gasteiger partial charge in [-0.2, -0.15) is 0 Å². The molecule has 0 aliphatic carbocycles. The predicted octanol–water partition coefficient (Wildman–Crippen LogP) is 5.88. The Kier molecular flexibility index (Phi) is 6.02. The lowest BCUT2D eigenvalue weighted by Gasteiger charge is -2.15. The lowest BCUT2D eigenvalue weighted by Crippen LogP contribution is -2.08. The molecule has 0 aliphatic heterocycles. The second-order valence-electron chi connectivity index (χ2n) is 4.64. The van der Waals surface area contributed by atoms with Crippen molar-refractivity contribution in [1.29, 1.82) is 0 Å². The topological polar surface area (TPSA) is 21.3 Å². The van der Waals surface area contributed by atoms with Gasteiger partial charge in [0.15, 0.2) is 5.82 Å². The summed E-state index contributed by atoms with van der Waals surface area (Å²) in [6.07, 6.45) is -2.62. The van der Waals surface area contributed by atoms with E-state index in [9.17, 15) is 13.2 Å². The fraction of sp³-hybridized carbons (Fsp3) is 0.250. The number of ether oxygens (including phenoxy) is 1. The molecule has 2 rings (SSSR count). The zero-order valence-corrected chi connectivity index (χ0v) is 13.7. The highest BCUT2D eigenvalue weighted by molar-refractivity contribution is 6.37. The second kappa shape index (κ2) is 7.79. The summed E-state index contributed by atoms with van der Waals surface area (Å²) in [7, 11) is 0. The molecule has 7 heteroatoms. The number of hydrogen-bond donors (Lipinski definition) is 1. The minimum atomic E-state index is -2.62. The third kappa shape index (κ3) is 4.03. The van der Waals surface area contributed by atoms with Gasteiger partial charge in [0.05, 0.1) is 15.7 Å². The molecule has 0 spiro atoms. The van der Waals surface area contributed by atoms with Crippen LogP contribution in [0.25, 0.3) is 11.1 Å². The molecular formula is C16H14Cl2F3NO. The molecule has 124 valence electrons. The fourth-order valence-electron chi connectivity index (χ4n) is 2.10. The van der Waals surface area contributed by atoms with Gasteiger partial charge in [0.25, 0.3) is 6.43 Å². The first-order chi connectivity index (χ1) is 11.0. The summed E-state index contributed by atoms with van der Waals surface area (Å²) >= 11 is 12.2. The molecule has 2 aromatic carbocycles. The van der Waals surface area contributed by atoms with Crippen LogP contribution in [0, 0.1) is 5.82 Å². The summed E-state index contributed by atoms with van der Waals surface area (Å²) in [4.78, 5) is 0. The van der Waals surface area contributed by atoms with E-state index in [1.54, 1.807) is 25.1 Å². The van der Waals surface area contributed by atoms with Gasteiger partial charge in [0, 0.05) is 17.7 Å². The quantitative estimate of drug-likeness (QED) is 0.647. The van der Waals surface area contributed by atoms with Crippen LogP contribution in [0.5, 0.6) is 5.75 Å². The smallest absolute Gasteiger partial charge is 0.272 e.